The Hall–Kier alpha value is -0.620. The number of anilines is 1. The summed E-state index contributed by atoms with van der Waals surface area (Å²) in [5.41, 5.74) is 6.27. The Balaban J connectivity index is 1.89. The minimum atomic E-state index is -0.0684. The number of halogens is 2. The van der Waals surface area contributed by atoms with Gasteiger partial charge in [0.15, 0.2) is 0 Å². The first-order valence-corrected chi connectivity index (χ1v) is 6.44. The summed E-state index contributed by atoms with van der Waals surface area (Å²) >= 11 is 9.31. The minimum absolute atomic E-state index is 0.0684. The van der Waals surface area contributed by atoms with Crippen LogP contribution in [0.1, 0.15) is 0 Å². The van der Waals surface area contributed by atoms with Crippen molar-refractivity contribution >= 4 is 39.1 Å². The van der Waals surface area contributed by atoms with Crippen LogP contribution in [0.4, 0.5) is 5.69 Å². The van der Waals surface area contributed by atoms with Crippen LogP contribution in [0.25, 0.3) is 0 Å². The van der Waals surface area contributed by atoms with E-state index in [-0.39, 0.29) is 11.9 Å². The predicted molar refractivity (Wildman–Crippen MR) is 72.2 cm³/mol. The van der Waals surface area contributed by atoms with Crippen molar-refractivity contribution in [3.63, 3.8) is 0 Å². The highest BCUT2D eigenvalue weighted by Gasteiger charge is 2.24. The zero-order valence-corrected chi connectivity index (χ0v) is 11.5. The van der Waals surface area contributed by atoms with Gasteiger partial charge in [-0.3, -0.25) is 9.69 Å². The van der Waals surface area contributed by atoms with Crippen LogP contribution in [0.15, 0.2) is 22.7 Å². The Bertz CT molecular complexity index is 435. The molecule has 0 radical (unpaired) electrons. The molecule has 4 nitrogen and oxygen atoms in total. The van der Waals surface area contributed by atoms with Crippen LogP contribution in [0.3, 0.4) is 0 Å². The molecular weight excluding hydrogens is 305 g/mol. The number of nitrogens with one attached hydrogen (secondary N) is 1. The van der Waals surface area contributed by atoms with E-state index in [4.69, 9.17) is 17.3 Å². The van der Waals surface area contributed by atoms with Gasteiger partial charge in [0.2, 0.25) is 5.91 Å². The van der Waals surface area contributed by atoms with E-state index in [2.05, 4.69) is 21.2 Å². The molecule has 1 aliphatic rings. The van der Waals surface area contributed by atoms with Crippen LogP contribution < -0.4 is 11.1 Å². The van der Waals surface area contributed by atoms with Gasteiger partial charge in [-0.15, -0.1) is 0 Å². The van der Waals surface area contributed by atoms with E-state index in [9.17, 15) is 4.79 Å². The summed E-state index contributed by atoms with van der Waals surface area (Å²) in [6.45, 7) is 1.92. The number of likely N-dealkylation sites (tertiary alicyclic amines) is 1. The van der Waals surface area contributed by atoms with Gasteiger partial charge < -0.3 is 11.1 Å². The molecule has 1 saturated heterocycles. The maximum Gasteiger partial charge on any atom is 0.238 e. The second kappa shape index (κ2) is 5.35. The Morgan fingerprint density at radius 1 is 1.59 bits per heavy atom. The van der Waals surface area contributed by atoms with Crippen molar-refractivity contribution < 1.29 is 4.79 Å². The lowest BCUT2D eigenvalue weighted by molar-refractivity contribution is -0.118. The summed E-state index contributed by atoms with van der Waals surface area (Å²) in [6.07, 6.45) is 0. The van der Waals surface area contributed by atoms with Crippen molar-refractivity contribution in [3.05, 3.63) is 27.7 Å². The molecule has 1 heterocycles. The van der Waals surface area contributed by atoms with Gasteiger partial charge >= 0.3 is 0 Å². The summed E-state index contributed by atoms with van der Waals surface area (Å²) in [6, 6.07) is 5.56. The fraction of sp³-hybridized carbons (Fsp3) is 0.364. The largest absolute Gasteiger partial charge is 0.325 e. The average Bonchev–Trinajstić information content (AvgIpc) is 2.20. The van der Waals surface area contributed by atoms with Crippen molar-refractivity contribution in [1.29, 1.82) is 0 Å². The SMILES string of the molecule is NC1CN(CC(=O)Nc2ccc(Br)cc2Cl)C1. The number of nitrogens with two attached hydrogens (primary N) is 1. The smallest absolute Gasteiger partial charge is 0.238 e. The van der Waals surface area contributed by atoms with Crippen molar-refractivity contribution in [3.8, 4) is 0 Å². The Morgan fingerprint density at radius 2 is 2.29 bits per heavy atom. The predicted octanol–water partition coefficient (Wildman–Crippen LogP) is 1.68. The van der Waals surface area contributed by atoms with E-state index in [1.165, 1.54) is 0 Å². The van der Waals surface area contributed by atoms with E-state index >= 15 is 0 Å². The summed E-state index contributed by atoms with van der Waals surface area (Å²) in [5.74, 6) is -0.0684. The van der Waals surface area contributed by atoms with Crippen LogP contribution in [0.5, 0.6) is 0 Å². The zero-order valence-electron chi connectivity index (χ0n) is 9.12. The van der Waals surface area contributed by atoms with Crippen LogP contribution in [0.2, 0.25) is 5.02 Å². The third-order valence-electron chi connectivity index (χ3n) is 2.56. The third kappa shape index (κ3) is 3.42. The molecule has 6 heteroatoms. The topological polar surface area (TPSA) is 58.4 Å². The van der Waals surface area contributed by atoms with Crippen molar-refractivity contribution in [2.24, 2.45) is 5.73 Å². The second-order valence-corrected chi connectivity index (χ2v) is 5.45. The molecule has 0 aliphatic carbocycles. The fourth-order valence-electron chi connectivity index (χ4n) is 1.72. The maximum absolute atomic E-state index is 11.7. The average molecular weight is 319 g/mol. The highest BCUT2D eigenvalue weighted by Crippen LogP contribution is 2.25. The molecule has 0 unspecified atom stereocenters. The molecule has 1 aromatic carbocycles. The van der Waals surface area contributed by atoms with Gasteiger partial charge in [-0.2, -0.15) is 0 Å². The lowest BCUT2D eigenvalue weighted by atomic mass is 10.1. The number of hydrogen-bond acceptors (Lipinski definition) is 3. The molecule has 3 N–H and O–H groups in total. The van der Waals surface area contributed by atoms with Crippen molar-refractivity contribution in [2.75, 3.05) is 25.0 Å². The van der Waals surface area contributed by atoms with Gasteiger partial charge in [0.1, 0.15) is 0 Å². The standard InChI is InChI=1S/C11H13BrClN3O/c12-7-1-2-10(9(13)3-7)15-11(17)6-16-4-8(14)5-16/h1-3,8H,4-6,14H2,(H,15,17). The van der Waals surface area contributed by atoms with E-state index in [0.717, 1.165) is 17.6 Å². The Morgan fingerprint density at radius 3 is 2.88 bits per heavy atom. The van der Waals surface area contributed by atoms with Gasteiger partial charge in [0.25, 0.3) is 0 Å². The maximum atomic E-state index is 11.7. The molecule has 0 aromatic heterocycles. The van der Waals surface area contributed by atoms with Crippen LogP contribution in [0, 0.1) is 0 Å². The van der Waals surface area contributed by atoms with Crippen LogP contribution >= 0.6 is 27.5 Å². The molecule has 1 aliphatic heterocycles. The lowest BCUT2D eigenvalue weighted by Gasteiger charge is -2.36. The Kier molecular flexibility index (Phi) is 4.04. The quantitative estimate of drug-likeness (QED) is 0.891. The molecule has 17 heavy (non-hydrogen) atoms. The molecule has 1 fully saturated rings. The number of benzene rings is 1. The normalized spacial score (nSPS) is 16.6. The number of carbonyl (C=O) groups is 1. The third-order valence-corrected chi connectivity index (χ3v) is 3.36. The highest BCUT2D eigenvalue weighted by atomic mass is 79.9. The second-order valence-electron chi connectivity index (χ2n) is 4.13. The summed E-state index contributed by atoms with van der Waals surface area (Å²) in [5, 5.41) is 3.30. The molecule has 0 spiro atoms. The fourth-order valence-corrected chi connectivity index (χ4v) is 2.44. The molecule has 0 atom stereocenters. The number of carbonyl (C=O) groups excluding carboxylic acids is 1. The van der Waals surface area contributed by atoms with Crippen molar-refractivity contribution in [2.45, 2.75) is 6.04 Å². The molecule has 1 aromatic rings. The molecule has 0 saturated carbocycles. The molecular formula is C11H13BrClN3O. The van der Waals surface area contributed by atoms with E-state index < -0.39 is 0 Å². The lowest BCUT2D eigenvalue weighted by Crippen LogP contribution is -2.57. The zero-order chi connectivity index (χ0) is 12.4. The molecule has 0 bridgehead atoms. The first-order chi connectivity index (χ1) is 8.04. The van der Waals surface area contributed by atoms with E-state index in [1.54, 1.807) is 12.1 Å². The number of nitrogens with zero attached hydrogens (tertiary/aromatic N) is 1. The number of hydrogen-bond donors (Lipinski definition) is 2. The van der Waals surface area contributed by atoms with Gasteiger partial charge in [-0.25, -0.2) is 0 Å². The monoisotopic (exact) mass is 317 g/mol. The minimum Gasteiger partial charge on any atom is -0.325 e. The van der Waals surface area contributed by atoms with Gasteiger partial charge in [0, 0.05) is 23.6 Å². The van der Waals surface area contributed by atoms with E-state index in [0.29, 0.717) is 17.3 Å². The number of amides is 1. The summed E-state index contributed by atoms with van der Waals surface area (Å²) in [4.78, 5) is 13.7. The first-order valence-electron chi connectivity index (χ1n) is 5.27. The molecule has 1 amide bonds. The van der Waals surface area contributed by atoms with Crippen molar-refractivity contribution in [1.82, 2.24) is 4.90 Å². The highest BCUT2D eigenvalue weighted by molar-refractivity contribution is 9.10. The molecule has 2 rings (SSSR count). The van der Waals surface area contributed by atoms with Gasteiger partial charge in [-0.05, 0) is 18.2 Å². The number of rotatable bonds is 3. The first kappa shape index (κ1) is 12.8. The van der Waals surface area contributed by atoms with Crippen LogP contribution in [-0.4, -0.2) is 36.5 Å². The van der Waals surface area contributed by atoms with Gasteiger partial charge in [0.05, 0.1) is 17.3 Å². The summed E-state index contributed by atoms with van der Waals surface area (Å²) in [7, 11) is 0. The molecule has 92 valence electrons. The van der Waals surface area contributed by atoms with Gasteiger partial charge in [-0.1, -0.05) is 27.5 Å². The summed E-state index contributed by atoms with van der Waals surface area (Å²) < 4.78 is 0.884. The Labute approximate surface area is 113 Å². The van der Waals surface area contributed by atoms with E-state index in [1.807, 2.05) is 11.0 Å². The van der Waals surface area contributed by atoms with Crippen LogP contribution in [-0.2, 0) is 4.79 Å².